The van der Waals surface area contributed by atoms with Crippen LogP contribution in [0.1, 0.15) is 38.8 Å². The number of ether oxygens (including phenoxy) is 2. The Bertz CT molecular complexity index is 1850. The van der Waals surface area contributed by atoms with Gasteiger partial charge in [0.15, 0.2) is 28.6 Å². The zero-order chi connectivity index (χ0) is 32.9. The SMILES string of the molecule is COc1c(Cl)ccc2onc(NCC(C)(C)c3ccccc3)c12.COc1ccc(Cl)c2onc(NCC(C)(C)c3ccccc3)c12. The molecule has 0 aliphatic heterocycles. The van der Waals surface area contributed by atoms with E-state index in [1.165, 1.54) is 11.1 Å². The second-order valence-corrected chi connectivity index (χ2v) is 13.0. The summed E-state index contributed by atoms with van der Waals surface area (Å²) in [5, 5.41) is 17.5. The zero-order valence-corrected chi connectivity index (χ0v) is 28.3. The summed E-state index contributed by atoms with van der Waals surface area (Å²) in [6.45, 7) is 10.1. The molecule has 240 valence electrons. The number of anilines is 2. The van der Waals surface area contributed by atoms with Crippen molar-refractivity contribution in [2.45, 2.75) is 38.5 Å². The second-order valence-electron chi connectivity index (χ2n) is 12.2. The number of nitrogens with one attached hydrogen (secondary N) is 2. The molecule has 6 rings (SSSR count). The minimum Gasteiger partial charge on any atom is -0.496 e. The Balaban J connectivity index is 0.000000181. The van der Waals surface area contributed by atoms with E-state index in [1.807, 2.05) is 42.5 Å². The Morgan fingerprint density at radius 3 is 1.70 bits per heavy atom. The van der Waals surface area contributed by atoms with Crippen molar-refractivity contribution in [3.63, 3.8) is 0 Å². The maximum absolute atomic E-state index is 6.20. The quantitative estimate of drug-likeness (QED) is 0.150. The highest BCUT2D eigenvalue weighted by Gasteiger charge is 2.24. The minimum absolute atomic E-state index is 0.0572. The van der Waals surface area contributed by atoms with Crippen LogP contribution in [0, 0.1) is 0 Å². The van der Waals surface area contributed by atoms with Crippen LogP contribution >= 0.6 is 23.2 Å². The van der Waals surface area contributed by atoms with Crippen LogP contribution in [0.5, 0.6) is 11.5 Å². The highest BCUT2D eigenvalue weighted by Crippen LogP contribution is 2.39. The molecule has 0 spiro atoms. The van der Waals surface area contributed by atoms with Crippen LogP contribution in [-0.2, 0) is 10.8 Å². The third kappa shape index (κ3) is 7.03. The normalized spacial score (nSPS) is 11.7. The molecule has 6 aromatic rings. The van der Waals surface area contributed by atoms with Crippen molar-refractivity contribution >= 4 is 56.8 Å². The van der Waals surface area contributed by atoms with Crippen molar-refractivity contribution in [2.24, 2.45) is 0 Å². The molecule has 0 radical (unpaired) electrons. The molecule has 0 aliphatic rings. The number of fused-ring (bicyclic) bond motifs is 2. The van der Waals surface area contributed by atoms with E-state index in [0.29, 0.717) is 57.4 Å². The predicted octanol–water partition coefficient (Wildman–Crippen LogP) is 9.76. The average molecular weight is 662 g/mol. The molecule has 0 aliphatic carbocycles. The summed E-state index contributed by atoms with van der Waals surface area (Å²) in [6, 6.07) is 27.8. The summed E-state index contributed by atoms with van der Waals surface area (Å²) in [4.78, 5) is 0. The molecule has 0 bridgehead atoms. The smallest absolute Gasteiger partial charge is 0.191 e. The Kier molecular flexibility index (Phi) is 9.99. The van der Waals surface area contributed by atoms with Gasteiger partial charge in [0.05, 0.1) is 24.3 Å². The lowest BCUT2D eigenvalue weighted by Gasteiger charge is -2.25. The fourth-order valence-corrected chi connectivity index (χ4v) is 5.60. The first-order valence-corrected chi connectivity index (χ1v) is 15.6. The summed E-state index contributed by atoms with van der Waals surface area (Å²) in [5.41, 5.74) is 3.57. The molecule has 8 nitrogen and oxygen atoms in total. The fraction of sp³-hybridized carbons (Fsp3) is 0.278. The van der Waals surface area contributed by atoms with E-state index >= 15 is 0 Å². The molecule has 2 heterocycles. The van der Waals surface area contributed by atoms with Gasteiger partial charge in [0, 0.05) is 23.9 Å². The summed E-state index contributed by atoms with van der Waals surface area (Å²) < 4.78 is 21.5. The summed E-state index contributed by atoms with van der Waals surface area (Å²) in [6.07, 6.45) is 0. The molecule has 0 amide bonds. The first-order chi connectivity index (χ1) is 22.1. The predicted molar refractivity (Wildman–Crippen MR) is 187 cm³/mol. The number of hydrogen-bond donors (Lipinski definition) is 2. The van der Waals surface area contributed by atoms with Gasteiger partial charge in [-0.05, 0) is 35.4 Å². The van der Waals surface area contributed by atoms with Gasteiger partial charge in [-0.15, -0.1) is 0 Å². The first-order valence-electron chi connectivity index (χ1n) is 14.9. The van der Waals surface area contributed by atoms with Crippen molar-refractivity contribution in [1.82, 2.24) is 10.3 Å². The van der Waals surface area contributed by atoms with E-state index in [0.717, 1.165) is 10.8 Å². The van der Waals surface area contributed by atoms with Gasteiger partial charge in [-0.1, -0.05) is 122 Å². The van der Waals surface area contributed by atoms with Crippen LogP contribution in [-0.4, -0.2) is 37.6 Å². The summed E-state index contributed by atoms with van der Waals surface area (Å²) >= 11 is 12.4. The zero-order valence-electron chi connectivity index (χ0n) is 26.8. The molecule has 46 heavy (non-hydrogen) atoms. The lowest BCUT2D eigenvalue weighted by atomic mass is 9.84. The Morgan fingerprint density at radius 1 is 0.630 bits per heavy atom. The number of halogens is 2. The molecule has 0 atom stereocenters. The molecule has 4 aromatic carbocycles. The molecule has 0 saturated carbocycles. The second kappa shape index (κ2) is 13.9. The van der Waals surface area contributed by atoms with Gasteiger partial charge in [0.25, 0.3) is 0 Å². The molecule has 2 N–H and O–H groups in total. The molecule has 0 unspecified atom stereocenters. The number of hydrogen-bond acceptors (Lipinski definition) is 8. The third-order valence-corrected chi connectivity index (χ3v) is 8.61. The average Bonchev–Trinajstić information content (AvgIpc) is 3.69. The minimum atomic E-state index is -0.0572. The molecular weight excluding hydrogens is 623 g/mol. The van der Waals surface area contributed by atoms with Gasteiger partial charge >= 0.3 is 0 Å². The van der Waals surface area contributed by atoms with Gasteiger partial charge in [-0.25, -0.2) is 0 Å². The van der Waals surface area contributed by atoms with Gasteiger partial charge < -0.3 is 29.2 Å². The number of benzene rings is 4. The molecular formula is C36H38Cl2N4O4. The van der Waals surface area contributed by atoms with E-state index in [-0.39, 0.29) is 10.8 Å². The largest absolute Gasteiger partial charge is 0.496 e. The van der Waals surface area contributed by atoms with E-state index in [1.54, 1.807) is 32.4 Å². The highest BCUT2D eigenvalue weighted by molar-refractivity contribution is 6.35. The van der Waals surface area contributed by atoms with Crippen molar-refractivity contribution in [3.8, 4) is 11.5 Å². The first kappa shape index (κ1) is 33.0. The monoisotopic (exact) mass is 660 g/mol. The van der Waals surface area contributed by atoms with Crippen LogP contribution in [0.3, 0.4) is 0 Å². The van der Waals surface area contributed by atoms with Crippen LogP contribution in [0.25, 0.3) is 21.9 Å². The third-order valence-electron chi connectivity index (χ3n) is 8.01. The number of aromatic nitrogens is 2. The standard InChI is InChI=1S/2C18H19ClN2O2/c1-18(2,12-7-5-4-6-8-12)11-20-17-15-14(23-21-17)10-9-13(19)16(15)22-3;1-18(2,12-7-5-4-6-8-12)11-20-17-15-14(22-3)10-9-13(19)16(15)23-21-17/h2*4-10H,11H2,1-3H3,(H,20,21). The van der Waals surface area contributed by atoms with Gasteiger partial charge in [-0.2, -0.15) is 0 Å². The Morgan fingerprint density at radius 2 is 1.15 bits per heavy atom. The van der Waals surface area contributed by atoms with Crippen LogP contribution < -0.4 is 20.1 Å². The maximum atomic E-state index is 6.20. The van der Waals surface area contributed by atoms with Crippen molar-refractivity contribution in [1.29, 1.82) is 0 Å². The van der Waals surface area contributed by atoms with E-state index in [9.17, 15) is 0 Å². The maximum Gasteiger partial charge on any atom is 0.191 e. The number of rotatable bonds is 10. The molecule has 0 fully saturated rings. The van der Waals surface area contributed by atoms with Crippen LogP contribution in [0.15, 0.2) is 94.0 Å². The van der Waals surface area contributed by atoms with Crippen molar-refractivity contribution in [2.75, 3.05) is 37.9 Å². The Labute approximate surface area is 278 Å². The fourth-order valence-electron chi connectivity index (χ4n) is 5.17. The van der Waals surface area contributed by atoms with E-state index < -0.39 is 0 Å². The van der Waals surface area contributed by atoms with E-state index in [2.05, 4.69) is 72.9 Å². The lowest BCUT2D eigenvalue weighted by molar-refractivity contribution is 0.419. The number of methoxy groups -OCH3 is 2. The molecule has 2 aromatic heterocycles. The van der Waals surface area contributed by atoms with Crippen molar-refractivity contribution in [3.05, 3.63) is 106 Å². The summed E-state index contributed by atoms with van der Waals surface area (Å²) in [5.74, 6) is 2.54. The summed E-state index contributed by atoms with van der Waals surface area (Å²) in [7, 11) is 3.21. The lowest BCUT2D eigenvalue weighted by Crippen LogP contribution is -2.27. The molecule has 10 heteroatoms. The van der Waals surface area contributed by atoms with Gasteiger partial charge in [0.1, 0.15) is 16.5 Å². The van der Waals surface area contributed by atoms with Crippen LogP contribution in [0.4, 0.5) is 11.6 Å². The highest BCUT2D eigenvalue weighted by atomic mass is 35.5. The van der Waals surface area contributed by atoms with E-state index in [4.69, 9.17) is 41.7 Å². The number of nitrogens with zero attached hydrogens (tertiary/aromatic N) is 2. The topological polar surface area (TPSA) is 94.6 Å². The van der Waals surface area contributed by atoms with Crippen molar-refractivity contribution < 1.29 is 18.5 Å². The molecule has 0 saturated heterocycles. The van der Waals surface area contributed by atoms with Gasteiger partial charge in [-0.3, -0.25) is 0 Å². The van der Waals surface area contributed by atoms with Crippen LogP contribution in [0.2, 0.25) is 10.0 Å². The van der Waals surface area contributed by atoms with Gasteiger partial charge in [0.2, 0.25) is 0 Å². The Hall–Kier alpha value is -4.40.